The molecule has 6 nitrogen and oxygen atoms in total. The van der Waals surface area contributed by atoms with E-state index in [0.29, 0.717) is 38.2 Å². The number of anilines is 1. The van der Waals surface area contributed by atoms with Gasteiger partial charge >= 0.3 is 6.03 Å². The first-order valence-electron chi connectivity index (χ1n) is 8.83. The van der Waals surface area contributed by atoms with Crippen LogP contribution in [0.15, 0.2) is 24.3 Å². The second kappa shape index (κ2) is 7.72. The fraction of sp³-hybridized carbons (Fsp3) is 0.556. The van der Waals surface area contributed by atoms with Gasteiger partial charge in [0.25, 0.3) is 0 Å². The summed E-state index contributed by atoms with van der Waals surface area (Å²) in [6.07, 6.45) is 2.74. The Hall–Kier alpha value is -2.31. The molecule has 1 aromatic carbocycles. The van der Waals surface area contributed by atoms with Crippen LogP contribution in [0.1, 0.15) is 25.7 Å². The molecule has 0 aliphatic carbocycles. The molecule has 136 valence electrons. The number of nitrogens with one attached hydrogen (secondary N) is 2. The number of para-hydroxylation sites is 1. The maximum atomic E-state index is 13.7. The Morgan fingerprint density at radius 3 is 2.56 bits per heavy atom. The first-order chi connectivity index (χ1) is 12.0. The van der Waals surface area contributed by atoms with E-state index in [2.05, 4.69) is 10.6 Å². The number of carbonyl (C=O) groups excluding carboxylic acids is 2. The van der Waals surface area contributed by atoms with Gasteiger partial charge in [0.1, 0.15) is 5.82 Å². The maximum absolute atomic E-state index is 13.7. The van der Waals surface area contributed by atoms with E-state index in [9.17, 15) is 14.0 Å². The summed E-state index contributed by atoms with van der Waals surface area (Å²) in [6, 6.07) is 6.76. The number of nitrogens with zero attached hydrogens (tertiary/aromatic N) is 2. The molecule has 2 N–H and O–H groups in total. The predicted molar refractivity (Wildman–Crippen MR) is 93.8 cm³/mol. The average molecular weight is 348 g/mol. The monoisotopic (exact) mass is 348 g/mol. The average Bonchev–Trinajstić information content (AvgIpc) is 2.61. The fourth-order valence-corrected chi connectivity index (χ4v) is 3.42. The smallest absolute Gasteiger partial charge is 0.317 e. The number of likely N-dealkylation sites (N-methyl/N-ethyl adjacent to an activating group) is 1. The van der Waals surface area contributed by atoms with Crippen LogP contribution in [-0.2, 0) is 4.79 Å². The number of benzene rings is 1. The minimum absolute atomic E-state index is 0.0180. The quantitative estimate of drug-likeness (QED) is 0.878. The van der Waals surface area contributed by atoms with E-state index >= 15 is 0 Å². The largest absolute Gasteiger partial charge is 0.380 e. The molecule has 2 saturated heterocycles. The Balaban J connectivity index is 1.45. The highest BCUT2D eigenvalue weighted by atomic mass is 19.1. The van der Waals surface area contributed by atoms with Crippen LogP contribution in [0.2, 0.25) is 0 Å². The van der Waals surface area contributed by atoms with Crippen molar-refractivity contribution in [1.29, 1.82) is 0 Å². The van der Waals surface area contributed by atoms with Crippen molar-refractivity contribution in [2.45, 2.75) is 37.8 Å². The van der Waals surface area contributed by atoms with Gasteiger partial charge in [-0.1, -0.05) is 12.1 Å². The maximum Gasteiger partial charge on any atom is 0.317 e. The number of halogens is 1. The summed E-state index contributed by atoms with van der Waals surface area (Å²) in [5.41, 5.74) is 0.514. The normalized spacial score (nSPS) is 22.0. The molecule has 0 radical (unpaired) electrons. The van der Waals surface area contributed by atoms with Crippen molar-refractivity contribution in [2.75, 3.05) is 32.0 Å². The molecular formula is C18H25FN4O2. The van der Waals surface area contributed by atoms with Crippen molar-refractivity contribution in [2.24, 2.45) is 0 Å². The minimum Gasteiger partial charge on any atom is -0.380 e. The Labute approximate surface area is 147 Å². The highest BCUT2D eigenvalue weighted by Gasteiger charge is 2.28. The molecule has 2 aliphatic rings. The van der Waals surface area contributed by atoms with Gasteiger partial charge in [-0.15, -0.1) is 0 Å². The van der Waals surface area contributed by atoms with Gasteiger partial charge in [-0.3, -0.25) is 4.79 Å². The first kappa shape index (κ1) is 17.5. The van der Waals surface area contributed by atoms with Gasteiger partial charge in [0.05, 0.1) is 5.69 Å². The van der Waals surface area contributed by atoms with Crippen LogP contribution in [0, 0.1) is 5.82 Å². The third kappa shape index (κ3) is 4.41. The van der Waals surface area contributed by atoms with Crippen LogP contribution in [0.4, 0.5) is 14.9 Å². The SMILES string of the molecule is CN1CC(NC(=O)N2CCC(Nc3ccccc3F)CC2)CCC1=O. The molecule has 3 rings (SSSR count). The van der Waals surface area contributed by atoms with Gasteiger partial charge in [0, 0.05) is 45.2 Å². The molecule has 3 amide bonds. The highest BCUT2D eigenvalue weighted by molar-refractivity contribution is 5.78. The van der Waals surface area contributed by atoms with E-state index in [1.165, 1.54) is 6.07 Å². The lowest BCUT2D eigenvalue weighted by atomic mass is 10.0. The molecule has 1 unspecified atom stereocenters. The van der Waals surface area contributed by atoms with Crippen LogP contribution in [0.3, 0.4) is 0 Å². The zero-order valence-corrected chi connectivity index (χ0v) is 14.5. The number of amides is 3. The van der Waals surface area contributed by atoms with E-state index in [0.717, 1.165) is 12.8 Å². The summed E-state index contributed by atoms with van der Waals surface area (Å²) in [5.74, 6) is -0.121. The van der Waals surface area contributed by atoms with Crippen LogP contribution < -0.4 is 10.6 Å². The number of hydrogen-bond donors (Lipinski definition) is 2. The van der Waals surface area contributed by atoms with E-state index in [-0.39, 0.29) is 29.8 Å². The molecule has 0 spiro atoms. The topological polar surface area (TPSA) is 64.7 Å². The summed E-state index contributed by atoms with van der Waals surface area (Å²) < 4.78 is 13.7. The predicted octanol–water partition coefficient (Wildman–Crippen LogP) is 2.03. The molecule has 7 heteroatoms. The number of carbonyl (C=O) groups is 2. The van der Waals surface area contributed by atoms with Crippen LogP contribution in [-0.4, -0.2) is 60.5 Å². The van der Waals surface area contributed by atoms with Crippen molar-refractivity contribution in [3.8, 4) is 0 Å². The molecule has 2 fully saturated rings. The molecule has 1 aromatic rings. The number of urea groups is 1. The molecule has 0 aromatic heterocycles. The van der Waals surface area contributed by atoms with Gasteiger partial charge in [-0.25, -0.2) is 9.18 Å². The van der Waals surface area contributed by atoms with Crippen LogP contribution in [0.25, 0.3) is 0 Å². The molecule has 25 heavy (non-hydrogen) atoms. The van der Waals surface area contributed by atoms with Gasteiger partial charge in [-0.05, 0) is 31.4 Å². The summed E-state index contributed by atoms with van der Waals surface area (Å²) in [4.78, 5) is 27.4. The zero-order valence-electron chi connectivity index (χ0n) is 14.5. The van der Waals surface area contributed by atoms with Crippen molar-refractivity contribution in [3.05, 3.63) is 30.1 Å². The molecule has 0 bridgehead atoms. The van der Waals surface area contributed by atoms with Gasteiger partial charge in [0.2, 0.25) is 5.91 Å². The van der Waals surface area contributed by atoms with Crippen molar-refractivity contribution < 1.29 is 14.0 Å². The molecule has 2 heterocycles. The molecule has 2 aliphatic heterocycles. The molecule has 0 saturated carbocycles. The standard InChI is InChI=1S/C18H25FN4O2/c1-22-12-14(6-7-17(22)24)21-18(25)23-10-8-13(9-11-23)20-16-5-3-2-4-15(16)19/h2-5,13-14,20H,6-12H2,1H3,(H,21,25). The number of rotatable bonds is 3. The van der Waals surface area contributed by atoms with Crippen molar-refractivity contribution in [1.82, 2.24) is 15.1 Å². The number of hydrogen-bond acceptors (Lipinski definition) is 3. The van der Waals surface area contributed by atoms with E-state index in [4.69, 9.17) is 0 Å². The summed E-state index contributed by atoms with van der Waals surface area (Å²) in [6.45, 7) is 1.84. The van der Waals surface area contributed by atoms with Crippen LogP contribution in [0.5, 0.6) is 0 Å². The van der Waals surface area contributed by atoms with E-state index in [1.54, 1.807) is 35.0 Å². The lowest BCUT2D eigenvalue weighted by Crippen LogP contribution is -2.54. The Morgan fingerprint density at radius 1 is 1.16 bits per heavy atom. The Morgan fingerprint density at radius 2 is 1.88 bits per heavy atom. The lowest BCUT2D eigenvalue weighted by Gasteiger charge is -2.35. The summed E-state index contributed by atoms with van der Waals surface area (Å²) in [5, 5.41) is 6.25. The molecule has 1 atom stereocenters. The summed E-state index contributed by atoms with van der Waals surface area (Å²) in [7, 11) is 1.76. The van der Waals surface area contributed by atoms with Crippen LogP contribution >= 0.6 is 0 Å². The Kier molecular flexibility index (Phi) is 5.40. The van der Waals surface area contributed by atoms with Crippen molar-refractivity contribution in [3.63, 3.8) is 0 Å². The highest BCUT2D eigenvalue weighted by Crippen LogP contribution is 2.19. The zero-order chi connectivity index (χ0) is 17.8. The fourth-order valence-electron chi connectivity index (χ4n) is 3.42. The second-order valence-corrected chi connectivity index (χ2v) is 6.84. The van der Waals surface area contributed by atoms with Crippen molar-refractivity contribution >= 4 is 17.6 Å². The summed E-state index contributed by atoms with van der Waals surface area (Å²) >= 11 is 0. The minimum atomic E-state index is -0.251. The lowest BCUT2D eigenvalue weighted by molar-refractivity contribution is -0.132. The second-order valence-electron chi connectivity index (χ2n) is 6.84. The van der Waals surface area contributed by atoms with Gasteiger partial charge in [-0.2, -0.15) is 0 Å². The van der Waals surface area contributed by atoms with Gasteiger partial charge in [0.15, 0.2) is 0 Å². The van der Waals surface area contributed by atoms with Gasteiger partial charge < -0.3 is 20.4 Å². The van der Waals surface area contributed by atoms with E-state index < -0.39 is 0 Å². The number of piperidine rings is 2. The van der Waals surface area contributed by atoms with E-state index in [1.807, 2.05) is 0 Å². The molecular weight excluding hydrogens is 323 g/mol. The third-order valence-electron chi connectivity index (χ3n) is 4.97. The number of likely N-dealkylation sites (tertiary alicyclic amines) is 2. The third-order valence-corrected chi connectivity index (χ3v) is 4.97. The Bertz CT molecular complexity index is 631. The first-order valence-corrected chi connectivity index (χ1v) is 8.83.